The molecule has 0 bridgehead atoms. The molecule has 1 heterocycles. The van der Waals surface area contributed by atoms with Crippen LogP contribution in [0.4, 0.5) is 11.4 Å². The molecule has 1 atom stereocenters. The number of anilines is 2. The van der Waals surface area contributed by atoms with Crippen LogP contribution in [0.15, 0.2) is 18.2 Å². The number of amides is 2. The zero-order chi connectivity index (χ0) is 14.9. The van der Waals surface area contributed by atoms with E-state index in [1.54, 1.807) is 12.1 Å². The Morgan fingerprint density at radius 3 is 2.70 bits per heavy atom. The Kier molecular flexibility index (Phi) is 3.94. The Labute approximate surface area is 120 Å². The molecule has 0 saturated carbocycles. The molecule has 106 valence electrons. The van der Waals surface area contributed by atoms with Crippen molar-refractivity contribution in [2.75, 3.05) is 16.8 Å². The van der Waals surface area contributed by atoms with Crippen LogP contribution in [-0.2, 0) is 14.4 Å². The molecule has 1 aliphatic heterocycles. The topological polar surface area (TPSA) is 86.7 Å². The summed E-state index contributed by atoms with van der Waals surface area (Å²) in [7, 11) is 0. The first-order valence-corrected chi connectivity index (χ1v) is 6.36. The zero-order valence-electron chi connectivity index (χ0n) is 10.7. The molecule has 0 aromatic heterocycles. The first kappa shape index (κ1) is 14.3. The number of nitrogens with one attached hydrogen (secondary N) is 1. The van der Waals surface area contributed by atoms with Gasteiger partial charge in [0.15, 0.2) is 0 Å². The zero-order valence-corrected chi connectivity index (χ0v) is 11.5. The summed E-state index contributed by atoms with van der Waals surface area (Å²) in [5, 5.41) is 12.0. The third-order valence-corrected chi connectivity index (χ3v) is 3.27. The number of rotatable bonds is 3. The minimum atomic E-state index is -1.01. The minimum Gasteiger partial charge on any atom is -0.481 e. The SMILES string of the molecule is CC(=O)Nc1ccc(Cl)cc1N1CC(C(=O)O)CC1=O. The van der Waals surface area contributed by atoms with Crippen molar-refractivity contribution in [2.24, 2.45) is 5.92 Å². The molecule has 0 aliphatic carbocycles. The average molecular weight is 297 g/mol. The van der Waals surface area contributed by atoms with Gasteiger partial charge in [0.2, 0.25) is 11.8 Å². The second kappa shape index (κ2) is 5.50. The van der Waals surface area contributed by atoms with Crippen molar-refractivity contribution < 1.29 is 19.5 Å². The van der Waals surface area contributed by atoms with E-state index in [4.69, 9.17) is 16.7 Å². The summed E-state index contributed by atoms with van der Waals surface area (Å²) in [4.78, 5) is 35.4. The van der Waals surface area contributed by atoms with E-state index in [-0.39, 0.29) is 24.8 Å². The molecule has 2 N–H and O–H groups in total. The summed E-state index contributed by atoms with van der Waals surface area (Å²) >= 11 is 5.91. The molecular weight excluding hydrogens is 284 g/mol. The fraction of sp³-hybridized carbons (Fsp3) is 0.308. The maximum absolute atomic E-state index is 11.9. The molecule has 20 heavy (non-hydrogen) atoms. The van der Waals surface area contributed by atoms with Crippen LogP contribution in [0.1, 0.15) is 13.3 Å². The van der Waals surface area contributed by atoms with E-state index in [0.717, 1.165) is 0 Å². The first-order chi connectivity index (χ1) is 9.38. The molecule has 1 aromatic carbocycles. The molecule has 1 aliphatic rings. The maximum Gasteiger partial charge on any atom is 0.308 e. The van der Waals surface area contributed by atoms with Gasteiger partial charge in [0.1, 0.15) is 0 Å². The Bertz CT molecular complexity index is 588. The van der Waals surface area contributed by atoms with Crippen molar-refractivity contribution in [2.45, 2.75) is 13.3 Å². The number of hydrogen-bond acceptors (Lipinski definition) is 3. The van der Waals surface area contributed by atoms with Crippen LogP contribution in [0.5, 0.6) is 0 Å². The molecule has 7 heteroatoms. The molecule has 2 rings (SSSR count). The third-order valence-electron chi connectivity index (χ3n) is 3.04. The summed E-state index contributed by atoms with van der Waals surface area (Å²) in [6.07, 6.45) is -0.0542. The van der Waals surface area contributed by atoms with Crippen molar-refractivity contribution in [3.63, 3.8) is 0 Å². The number of nitrogens with zero attached hydrogens (tertiary/aromatic N) is 1. The maximum atomic E-state index is 11.9. The van der Waals surface area contributed by atoms with Crippen LogP contribution in [0.25, 0.3) is 0 Å². The van der Waals surface area contributed by atoms with Gasteiger partial charge < -0.3 is 15.3 Å². The standard InChI is InChI=1S/C13H13ClN2O4/c1-7(17)15-10-3-2-9(14)5-11(10)16-6-8(13(19)20)4-12(16)18/h2-3,5,8H,4,6H2,1H3,(H,15,17)(H,19,20). The normalized spacial score (nSPS) is 18.2. The summed E-state index contributed by atoms with van der Waals surface area (Å²) in [5.74, 6) is -2.34. The van der Waals surface area contributed by atoms with Gasteiger partial charge in [-0.05, 0) is 18.2 Å². The van der Waals surface area contributed by atoms with E-state index in [1.165, 1.54) is 17.9 Å². The molecule has 0 spiro atoms. The lowest BCUT2D eigenvalue weighted by Gasteiger charge is -2.20. The van der Waals surface area contributed by atoms with Crippen molar-refractivity contribution in [3.8, 4) is 0 Å². The molecule has 6 nitrogen and oxygen atoms in total. The quantitative estimate of drug-likeness (QED) is 0.889. The van der Waals surface area contributed by atoms with Gasteiger partial charge in [-0.2, -0.15) is 0 Å². The number of halogens is 1. The van der Waals surface area contributed by atoms with E-state index < -0.39 is 11.9 Å². The van der Waals surface area contributed by atoms with Crippen molar-refractivity contribution in [1.29, 1.82) is 0 Å². The lowest BCUT2D eigenvalue weighted by atomic mass is 10.1. The van der Waals surface area contributed by atoms with Crippen LogP contribution >= 0.6 is 11.6 Å². The fourth-order valence-electron chi connectivity index (χ4n) is 2.13. The highest BCUT2D eigenvalue weighted by atomic mass is 35.5. The lowest BCUT2D eigenvalue weighted by molar-refractivity contribution is -0.141. The number of carboxylic acid groups (broad SMARTS) is 1. The predicted molar refractivity (Wildman–Crippen MR) is 73.9 cm³/mol. The number of hydrogen-bond donors (Lipinski definition) is 2. The smallest absolute Gasteiger partial charge is 0.308 e. The third kappa shape index (κ3) is 2.91. The van der Waals surface area contributed by atoms with E-state index >= 15 is 0 Å². The van der Waals surface area contributed by atoms with E-state index in [1.807, 2.05) is 0 Å². The Morgan fingerprint density at radius 1 is 1.45 bits per heavy atom. The highest BCUT2D eigenvalue weighted by Crippen LogP contribution is 2.33. The van der Waals surface area contributed by atoms with Gasteiger partial charge in [0.25, 0.3) is 0 Å². The first-order valence-electron chi connectivity index (χ1n) is 5.99. The van der Waals surface area contributed by atoms with Gasteiger partial charge in [0, 0.05) is 24.9 Å². The van der Waals surface area contributed by atoms with E-state index in [2.05, 4.69) is 5.32 Å². The van der Waals surface area contributed by atoms with Gasteiger partial charge in [-0.15, -0.1) is 0 Å². The largest absolute Gasteiger partial charge is 0.481 e. The van der Waals surface area contributed by atoms with E-state index in [0.29, 0.717) is 16.4 Å². The predicted octanol–water partition coefficient (Wildman–Crippen LogP) is 1.74. The molecule has 1 unspecified atom stereocenters. The second-order valence-electron chi connectivity index (χ2n) is 4.59. The number of carbonyl (C=O) groups excluding carboxylic acids is 2. The number of carbonyl (C=O) groups is 3. The van der Waals surface area contributed by atoms with Gasteiger partial charge in [-0.3, -0.25) is 14.4 Å². The van der Waals surface area contributed by atoms with Crippen LogP contribution in [0.3, 0.4) is 0 Å². The molecule has 1 fully saturated rings. The summed E-state index contributed by atoms with van der Waals surface area (Å²) in [6, 6.07) is 4.71. The number of aliphatic carboxylic acids is 1. The van der Waals surface area contributed by atoms with E-state index in [9.17, 15) is 14.4 Å². The van der Waals surface area contributed by atoms with Crippen molar-refractivity contribution in [1.82, 2.24) is 0 Å². The molecule has 1 aromatic rings. The highest BCUT2D eigenvalue weighted by Gasteiger charge is 2.36. The Balaban J connectivity index is 2.36. The highest BCUT2D eigenvalue weighted by molar-refractivity contribution is 6.31. The summed E-state index contributed by atoms with van der Waals surface area (Å²) < 4.78 is 0. The minimum absolute atomic E-state index is 0.0542. The van der Waals surface area contributed by atoms with Gasteiger partial charge in [-0.1, -0.05) is 11.6 Å². The molecule has 1 saturated heterocycles. The van der Waals surface area contributed by atoms with Gasteiger partial charge >= 0.3 is 5.97 Å². The summed E-state index contributed by atoms with van der Waals surface area (Å²) in [5.41, 5.74) is 0.850. The van der Waals surface area contributed by atoms with Gasteiger partial charge in [0.05, 0.1) is 17.3 Å². The van der Waals surface area contributed by atoms with Gasteiger partial charge in [-0.25, -0.2) is 0 Å². The second-order valence-corrected chi connectivity index (χ2v) is 5.02. The molecule has 0 radical (unpaired) electrons. The average Bonchev–Trinajstić information content (AvgIpc) is 2.73. The monoisotopic (exact) mass is 296 g/mol. The van der Waals surface area contributed by atoms with Crippen LogP contribution in [-0.4, -0.2) is 29.4 Å². The number of benzene rings is 1. The lowest BCUT2D eigenvalue weighted by Crippen LogP contribution is -2.27. The Hall–Kier alpha value is -2.08. The number of carboxylic acids is 1. The van der Waals surface area contributed by atoms with Crippen LogP contribution < -0.4 is 10.2 Å². The van der Waals surface area contributed by atoms with Crippen molar-refractivity contribution >= 4 is 40.8 Å². The summed E-state index contributed by atoms with van der Waals surface area (Å²) in [6.45, 7) is 1.42. The van der Waals surface area contributed by atoms with Crippen molar-refractivity contribution in [3.05, 3.63) is 23.2 Å². The molecular formula is C13H13ClN2O4. The Morgan fingerprint density at radius 2 is 2.15 bits per heavy atom. The molecule has 2 amide bonds. The van der Waals surface area contributed by atoms with Crippen LogP contribution in [0.2, 0.25) is 5.02 Å². The van der Waals surface area contributed by atoms with Crippen LogP contribution in [0, 0.1) is 5.92 Å². The fourth-order valence-corrected chi connectivity index (χ4v) is 2.30.